The summed E-state index contributed by atoms with van der Waals surface area (Å²) in [6.07, 6.45) is 2.20. The quantitative estimate of drug-likeness (QED) is 0.648. The molecule has 4 nitrogen and oxygen atoms in total. The van der Waals surface area contributed by atoms with Gasteiger partial charge in [-0.1, -0.05) is 29.3 Å². The molecule has 1 amide bonds. The highest BCUT2D eigenvalue weighted by atomic mass is 35.5. The second-order valence-corrected chi connectivity index (χ2v) is 7.81. The van der Waals surface area contributed by atoms with Crippen LogP contribution in [0.25, 0.3) is 0 Å². The van der Waals surface area contributed by atoms with Gasteiger partial charge in [-0.05, 0) is 57.7 Å². The molecule has 0 radical (unpaired) electrons. The Kier molecular flexibility index (Phi) is 6.75. The van der Waals surface area contributed by atoms with Crippen molar-refractivity contribution < 1.29 is 14.3 Å². The fraction of sp³-hybridized carbons (Fsp3) is 0.579. The van der Waals surface area contributed by atoms with E-state index in [0.717, 1.165) is 12.0 Å². The second-order valence-electron chi connectivity index (χ2n) is 7.00. The molecule has 1 saturated heterocycles. The predicted molar refractivity (Wildman–Crippen MR) is 99.9 cm³/mol. The molecule has 1 atom stereocenters. The van der Waals surface area contributed by atoms with Gasteiger partial charge in [-0.2, -0.15) is 0 Å². The van der Waals surface area contributed by atoms with Gasteiger partial charge in [0, 0.05) is 34.5 Å². The van der Waals surface area contributed by atoms with E-state index in [0.29, 0.717) is 42.5 Å². The number of benzene rings is 1. The van der Waals surface area contributed by atoms with Crippen LogP contribution in [0.2, 0.25) is 10.0 Å². The summed E-state index contributed by atoms with van der Waals surface area (Å²) >= 11 is 12.5. The smallest absolute Gasteiger partial charge is 0.305 e. The van der Waals surface area contributed by atoms with E-state index >= 15 is 0 Å². The molecule has 0 aliphatic carbocycles. The van der Waals surface area contributed by atoms with Crippen LogP contribution in [-0.4, -0.2) is 35.5 Å². The van der Waals surface area contributed by atoms with Crippen molar-refractivity contribution in [2.45, 2.75) is 52.0 Å². The van der Waals surface area contributed by atoms with Gasteiger partial charge in [0.2, 0.25) is 5.91 Å². The minimum absolute atomic E-state index is 0.102. The Balaban J connectivity index is 2.02. The van der Waals surface area contributed by atoms with Crippen LogP contribution in [0.1, 0.15) is 45.6 Å². The van der Waals surface area contributed by atoms with E-state index in [1.54, 1.807) is 25.1 Å². The molecule has 1 aliphatic heterocycles. The average Bonchev–Trinajstić information content (AvgIpc) is 2.91. The molecule has 1 fully saturated rings. The van der Waals surface area contributed by atoms with Crippen LogP contribution in [0.3, 0.4) is 0 Å². The predicted octanol–water partition coefficient (Wildman–Crippen LogP) is 4.51. The highest BCUT2D eigenvalue weighted by Gasteiger charge is 2.40. The van der Waals surface area contributed by atoms with Crippen molar-refractivity contribution >= 4 is 35.1 Å². The fourth-order valence-corrected chi connectivity index (χ4v) is 3.83. The highest BCUT2D eigenvalue weighted by Crippen LogP contribution is 2.34. The number of ether oxygens (including phenoxy) is 1. The molecule has 1 aromatic carbocycles. The normalized spacial score (nSPS) is 17.9. The summed E-state index contributed by atoms with van der Waals surface area (Å²) in [6, 6.07) is 5.39. The van der Waals surface area contributed by atoms with Crippen molar-refractivity contribution in [3.05, 3.63) is 33.8 Å². The lowest BCUT2D eigenvalue weighted by Crippen LogP contribution is -2.46. The second kappa shape index (κ2) is 8.41. The average molecular weight is 386 g/mol. The zero-order valence-corrected chi connectivity index (χ0v) is 16.5. The van der Waals surface area contributed by atoms with Crippen molar-refractivity contribution in [2.24, 2.45) is 5.92 Å². The summed E-state index contributed by atoms with van der Waals surface area (Å²) in [5.41, 5.74) is 0.443. The van der Waals surface area contributed by atoms with Crippen LogP contribution in [-0.2, 0) is 20.7 Å². The van der Waals surface area contributed by atoms with E-state index in [9.17, 15) is 9.59 Å². The molecule has 2 rings (SSSR count). The van der Waals surface area contributed by atoms with E-state index in [-0.39, 0.29) is 23.3 Å². The van der Waals surface area contributed by atoms with Gasteiger partial charge in [-0.3, -0.25) is 9.59 Å². The lowest BCUT2D eigenvalue weighted by molar-refractivity contribution is -0.145. The number of nitrogens with zero attached hydrogens (tertiary/aromatic N) is 1. The Hall–Kier alpha value is -1.26. The van der Waals surface area contributed by atoms with Crippen molar-refractivity contribution in [3.63, 3.8) is 0 Å². The van der Waals surface area contributed by atoms with Gasteiger partial charge in [-0.25, -0.2) is 0 Å². The van der Waals surface area contributed by atoms with E-state index in [2.05, 4.69) is 0 Å². The molecule has 25 heavy (non-hydrogen) atoms. The van der Waals surface area contributed by atoms with Crippen LogP contribution in [0, 0.1) is 5.92 Å². The van der Waals surface area contributed by atoms with Gasteiger partial charge in [0.15, 0.2) is 0 Å². The Morgan fingerprint density at radius 3 is 2.56 bits per heavy atom. The first-order valence-corrected chi connectivity index (χ1v) is 9.42. The van der Waals surface area contributed by atoms with Crippen LogP contribution >= 0.6 is 23.2 Å². The third-order valence-electron chi connectivity index (χ3n) is 4.81. The van der Waals surface area contributed by atoms with Crippen molar-refractivity contribution in [3.8, 4) is 0 Å². The van der Waals surface area contributed by atoms with Gasteiger partial charge in [0.05, 0.1) is 6.61 Å². The maximum atomic E-state index is 12.9. The SMILES string of the molecule is CCOC(=O)CCC(C)(C)N1CCC(Cc2c(Cl)cccc2Cl)C1=O. The molecule has 1 heterocycles. The van der Waals surface area contributed by atoms with E-state index in [1.165, 1.54) is 0 Å². The lowest BCUT2D eigenvalue weighted by Gasteiger charge is -2.36. The zero-order valence-electron chi connectivity index (χ0n) is 15.0. The monoisotopic (exact) mass is 385 g/mol. The van der Waals surface area contributed by atoms with E-state index in [4.69, 9.17) is 27.9 Å². The lowest BCUT2D eigenvalue weighted by atomic mass is 9.95. The van der Waals surface area contributed by atoms with Gasteiger partial charge in [0.1, 0.15) is 0 Å². The van der Waals surface area contributed by atoms with Gasteiger partial charge in [-0.15, -0.1) is 0 Å². The van der Waals surface area contributed by atoms with Crippen LogP contribution in [0.4, 0.5) is 0 Å². The molecule has 0 bridgehead atoms. The summed E-state index contributed by atoms with van der Waals surface area (Å²) in [5, 5.41) is 1.20. The Morgan fingerprint density at radius 2 is 1.96 bits per heavy atom. The Morgan fingerprint density at radius 1 is 1.32 bits per heavy atom. The highest BCUT2D eigenvalue weighted by molar-refractivity contribution is 6.36. The number of esters is 1. The Labute approximate surface area is 159 Å². The first-order chi connectivity index (χ1) is 11.8. The molecule has 138 valence electrons. The van der Waals surface area contributed by atoms with Crippen molar-refractivity contribution in [2.75, 3.05) is 13.2 Å². The number of carbonyl (C=O) groups excluding carboxylic acids is 2. The summed E-state index contributed by atoms with van der Waals surface area (Å²) < 4.78 is 4.98. The van der Waals surface area contributed by atoms with Crippen molar-refractivity contribution in [1.82, 2.24) is 4.90 Å². The number of carbonyl (C=O) groups is 2. The largest absolute Gasteiger partial charge is 0.466 e. The number of halogens is 2. The molecular weight excluding hydrogens is 361 g/mol. The molecule has 0 aromatic heterocycles. The van der Waals surface area contributed by atoms with Crippen molar-refractivity contribution in [1.29, 1.82) is 0 Å². The van der Waals surface area contributed by atoms with Gasteiger partial charge < -0.3 is 9.64 Å². The van der Waals surface area contributed by atoms with Crippen LogP contribution in [0.5, 0.6) is 0 Å². The molecule has 1 aliphatic rings. The maximum Gasteiger partial charge on any atom is 0.305 e. The minimum Gasteiger partial charge on any atom is -0.466 e. The zero-order chi connectivity index (χ0) is 18.6. The van der Waals surface area contributed by atoms with E-state index < -0.39 is 0 Å². The van der Waals surface area contributed by atoms with Crippen LogP contribution in [0.15, 0.2) is 18.2 Å². The molecule has 6 heteroatoms. The van der Waals surface area contributed by atoms with E-state index in [1.807, 2.05) is 18.7 Å². The molecule has 1 unspecified atom stereocenters. The number of likely N-dealkylation sites (tertiary alicyclic amines) is 1. The molecular formula is C19H25Cl2NO3. The molecule has 0 N–H and O–H groups in total. The number of amides is 1. The Bertz CT molecular complexity index is 625. The molecule has 1 aromatic rings. The number of rotatable bonds is 7. The van der Waals surface area contributed by atoms with Gasteiger partial charge in [0.25, 0.3) is 0 Å². The third kappa shape index (κ3) is 4.89. The number of hydrogen-bond acceptors (Lipinski definition) is 3. The minimum atomic E-state index is -0.386. The molecule has 0 spiro atoms. The topological polar surface area (TPSA) is 46.6 Å². The fourth-order valence-electron chi connectivity index (χ4n) is 3.28. The third-order valence-corrected chi connectivity index (χ3v) is 5.51. The summed E-state index contributed by atoms with van der Waals surface area (Å²) in [5.74, 6) is -0.245. The summed E-state index contributed by atoms with van der Waals surface area (Å²) in [4.78, 5) is 26.4. The molecule has 0 saturated carbocycles. The van der Waals surface area contributed by atoms with Gasteiger partial charge >= 0.3 is 5.97 Å². The number of hydrogen-bond donors (Lipinski definition) is 0. The van der Waals surface area contributed by atoms with Crippen LogP contribution < -0.4 is 0 Å². The first kappa shape index (κ1) is 20.1. The summed E-state index contributed by atoms with van der Waals surface area (Å²) in [7, 11) is 0. The first-order valence-electron chi connectivity index (χ1n) is 8.66. The maximum absolute atomic E-state index is 12.9. The summed E-state index contributed by atoms with van der Waals surface area (Å²) in [6.45, 7) is 6.84. The standard InChI is InChI=1S/C19H25Cl2NO3/c1-4-25-17(23)8-10-19(2,3)22-11-9-13(18(22)24)12-14-15(20)6-5-7-16(14)21/h5-7,13H,4,8-12H2,1-3H3.